The van der Waals surface area contributed by atoms with Crippen molar-refractivity contribution in [2.24, 2.45) is 0 Å². The molecule has 0 saturated heterocycles. The number of hydrogen-bond acceptors (Lipinski definition) is 3. The number of carbonyl (C=O) groups excluding carboxylic acids is 1. The van der Waals surface area contributed by atoms with Gasteiger partial charge in [0.2, 0.25) is 0 Å². The Morgan fingerprint density at radius 1 is 1.03 bits per heavy atom. The quantitative estimate of drug-likeness (QED) is 0.382. The second-order valence-electron chi connectivity index (χ2n) is 7.39. The molecular formula is C24H22ClNO3. The lowest BCUT2D eigenvalue weighted by Gasteiger charge is -2.21. The van der Waals surface area contributed by atoms with Crippen molar-refractivity contribution in [2.45, 2.75) is 33.9 Å². The summed E-state index contributed by atoms with van der Waals surface area (Å²) in [6.07, 6.45) is 1.61. The third-order valence-electron chi connectivity index (χ3n) is 5.04. The van der Waals surface area contributed by atoms with E-state index < -0.39 is 0 Å². The molecule has 0 unspecified atom stereocenters. The molecular weight excluding hydrogens is 386 g/mol. The minimum absolute atomic E-state index is 0.174. The Labute approximate surface area is 174 Å². The zero-order valence-electron chi connectivity index (χ0n) is 16.7. The Hall–Kier alpha value is -2.98. The first-order valence-corrected chi connectivity index (χ1v) is 9.86. The van der Waals surface area contributed by atoms with Crippen molar-refractivity contribution in [1.82, 2.24) is 4.90 Å². The molecule has 0 aliphatic rings. The predicted molar refractivity (Wildman–Crippen MR) is 114 cm³/mol. The van der Waals surface area contributed by atoms with E-state index in [1.165, 1.54) is 0 Å². The summed E-state index contributed by atoms with van der Waals surface area (Å²) < 4.78 is 11.5. The fourth-order valence-electron chi connectivity index (χ4n) is 3.66. The molecule has 0 aliphatic heterocycles. The van der Waals surface area contributed by atoms with Crippen molar-refractivity contribution in [3.05, 3.63) is 93.6 Å². The van der Waals surface area contributed by atoms with Crippen LogP contribution >= 0.6 is 11.6 Å². The molecule has 2 aromatic carbocycles. The zero-order valence-corrected chi connectivity index (χ0v) is 17.4. The molecule has 4 nitrogen and oxygen atoms in total. The van der Waals surface area contributed by atoms with Crippen LogP contribution in [0.2, 0.25) is 5.02 Å². The summed E-state index contributed by atoms with van der Waals surface area (Å²) in [7, 11) is 0. The van der Waals surface area contributed by atoms with Gasteiger partial charge >= 0.3 is 0 Å². The Kier molecular flexibility index (Phi) is 5.20. The van der Waals surface area contributed by atoms with Crippen molar-refractivity contribution in [3.8, 4) is 0 Å². The molecule has 4 aromatic rings. The van der Waals surface area contributed by atoms with Crippen molar-refractivity contribution < 1.29 is 13.6 Å². The summed E-state index contributed by atoms with van der Waals surface area (Å²) >= 11 is 6.14. The zero-order chi connectivity index (χ0) is 20.5. The molecule has 148 valence electrons. The molecule has 0 saturated carbocycles. The van der Waals surface area contributed by atoms with Crippen LogP contribution < -0.4 is 0 Å². The Balaban J connectivity index is 1.73. The molecule has 0 N–H and O–H groups in total. The number of furan rings is 2. The van der Waals surface area contributed by atoms with Gasteiger partial charge in [-0.2, -0.15) is 0 Å². The molecule has 0 radical (unpaired) electrons. The van der Waals surface area contributed by atoms with E-state index in [0.29, 0.717) is 29.6 Å². The Morgan fingerprint density at radius 3 is 2.59 bits per heavy atom. The van der Waals surface area contributed by atoms with Gasteiger partial charge in [-0.1, -0.05) is 29.8 Å². The van der Waals surface area contributed by atoms with Crippen LogP contribution in [0, 0.1) is 20.8 Å². The number of hydrogen-bond donors (Lipinski definition) is 0. The number of rotatable bonds is 5. The van der Waals surface area contributed by atoms with Crippen LogP contribution in [0.3, 0.4) is 0 Å². The smallest absolute Gasteiger partial charge is 0.290 e. The van der Waals surface area contributed by atoms with Crippen molar-refractivity contribution in [2.75, 3.05) is 0 Å². The maximum absolute atomic E-state index is 13.5. The fourth-order valence-corrected chi connectivity index (χ4v) is 3.88. The highest BCUT2D eigenvalue weighted by Gasteiger charge is 2.25. The third-order valence-corrected chi connectivity index (χ3v) is 5.27. The highest BCUT2D eigenvalue weighted by Crippen LogP contribution is 2.30. The molecule has 1 amide bonds. The Bertz CT molecular complexity index is 1170. The molecule has 0 bridgehead atoms. The monoisotopic (exact) mass is 407 g/mol. The van der Waals surface area contributed by atoms with E-state index in [4.69, 9.17) is 20.4 Å². The number of carbonyl (C=O) groups is 1. The minimum Gasteiger partial charge on any atom is -0.467 e. The van der Waals surface area contributed by atoms with Crippen molar-refractivity contribution in [3.63, 3.8) is 0 Å². The van der Waals surface area contributed by atoms with Crippen molar-refractivity contribution >= 4 is 28.5 Å². The molecule has 0 spiro atoms. The van der Waals surface area contributed by atoms with E-state index >= 15 is 0 Å². The predicted octanol–water partition coefficient (Wildman–Crippen LogP) is 6.45. The summed E-state index contributed by atoms with van der Waals surface area (Å²) in [6.45, 7) is 6.71. The highest BCUT2D eigenvalue weighted by molar-refractivity contribution is 6.30. The number of aryl methyl sites for hydroxylation is 3. The summed E-state index contributed by atoms with van der Waals surface area (Å²) in [5.74, 6) is 0.899. The minimum atomic E-state index is -0.174. The van der Waals surface area contributed by atoms with E-state index in [0.717, 1.165) is 33.2 Å². The molecule has 4 rings (SSSR count). The average Bonchev–Trinajstić information content (AvgIpc) is 3.29. The number of benzene rings is 2. The first-order chi connectivity index (χ1) is 13.9. The van der Waals surface area contributed by atoms with Crippen LogP contribution in [0.1, 0.15) is 38.6 Å². The van der Waals surface area contributed by atoms with Crippen LogP contribution in [0.5, 0.6) is 0 Å². The van der Waals surface area contributed by atoms with Gasteiger partial charge in [-0.25, -0.2) is 0 Å². The van der Waals surface area contributed by atoms with E-state index in [1.54, 1.807) is 11.2 Å². The number of fused-ring (bicyclic) bond motifs is 1. The van der Waals surface area contributed by atoms with Crippen molar-refractivity contribution in [1.29, 1.82) is 0 Å². The second-order valence-corrected chi connectivity index (χ2v) is 7.82. The van der Waals surface area contributed by atoms with E-state index in [9.17, 15) is 4.79 Å². The van der Waals surface area contributed by atoms with Crippen LogP contribution in [0.4, 0.5) is 0 Å². The van der Waals surface area contributed by atoms with Gasteiger partial charge in [-0.3, -0.25) is 4.79 Å². The molecule has 0 aliphatic carbocycles. The molecule has 5 heteroatoms. The average molecular weight is 408 g/mol. The summed E-state index contributed by atoms with van der Waals surface area (Å²) in [5, 5.41) is 1.62. The summed E-state index contributed by atoms with van der Waals surface area (Å²) in [6, 6.07) is 15.3. The van der Waals surface area contributed by atoms with Crippen LogP contribution in [-0.2, 0) is 13.1 Å². The lowest BCUT2D eigenvalue weighted by molar-refractivity contribution is 0.0686. The van der Waals surface area contributed by atoms with Gasteiger partial charge in [0.1, 0.15) is 11.3 Å². The Morgan fingerprint density at radius 2 is 1.86 bits per heavy atom. The normalized spacial score (nSPS) is 11.2. The molecule has 0 atom stereocenters. The van der Waals surface area contributed by atoms with Gasteiger partial charge in [0.05, 0.1) is 12.8 Å². The van der Waals surface area contributed by atoms with Gasteiger partial charge in [0.25, 0.3) is 5.91 Å². The lowest BCUT2D eigenvalue weighted by atomic mass is 10.1. The van der Waals surface area contributed by atoms with Crippen LogP contribution in [0.15, 0.2) is 63.6 Å². The third kappa shape index (κ3) is 3.94. The highest BCUT2D eigenvalue weighted by atomic mass is 35.5. The van der Waals surface area contributed by atoms with Crippen LogP contribution in [0.25, 0.3) is 11.0 Å². The lowest BCUT2D eigenvalue weighted by Crippen LogP contribution is -2.30. The van der Waals surface area contributed by atoms with Gasteiger partial charge in [-0.15, -0.1) is 0 Å². The number of nitrogens with zero attached hydrogens (tertiary/aromatic N) is 1. The molecule has 0 fully saturated rings. The maximum Gasteiger partial charge on any atom is 0.290 e. The standard InChI is InChI=1S/C24H22ClNO3/c1-15-10-16(2)22-21(11-15)17(3)23(29-22)24(27)26(14-20-8-5-9-28-20)13-18-6-4-7-19(25)12-18/h4-12H,13-14H2,1-3H3. The summed E-state index contributed by atoms with van der Waals surface area (Å²) in [4.78, 5) is 15.2. The topological polar surface area (TPSA) is 46.6 Å². The molecule has 29 heavy (non-hydrogen) atoms. The SMILES string of the molecule is Cc1cc(C)c2oc(C(=O)N(Cc3cccc(Cl)c3)Cc3ccco3)c(C)c2c1. The number of amides is 1. The first kappa shape index (κ1) is 19.3. The largest absolute Gasteiger partial charge is 0.467 e. The van der Waals surface area contributed by atoms with Gasteiger partial charge in [0.15, 0.2) is 5.76 Å². The summed E-state index contributed by atoms with van der Waals surface area (Å²) in [5.41, 5.74) is 4.72. The van der Waals surface area contributed by atoms with Gasteiger partial charge < -0.3 is 13.7 Å². The fraction of sp³-hybridized carbons (Fsp3) is 0.208. The van der Waals surface area contributed by atoms with Gasteiger partial charge in [0, 0.05) is 22.5 Å². The van der Waals surface area contributed by atoms with Crippen LogP contribution in [-0.4, -0.2) is 10.8 Å². The number of halogens is 1. The second kappa shape index (κ2) is 7.80. The molecule has 2 heterocycles. The van der Waals surface area contributed by atoms with E-state index in [1.807, 2.05) is 57.2 Å². The molecule has 2 aromatic heterocycles. The van der Waals surface area contributed by atoms with E-state index in [-0.39, 0.29) is 5.91 Å². The van der Waals surface area contributed by atoms with Gasteiger partial charge in [-0.05, 0) is 67.8 Å². The first-order valence-electron chi connectivity index (χ1n) is 9.49. The van der Waals surface area contributed by atoms with E-state index in [2.05, 4.69) is 12.1 Å². The maximum atomic E-state index is 13.5.